The van der Waals surface area contributed by atoms with Crippen LogP contribution in [0.5, 0.6) is 5.75 Å². The van der Waals surface area contributed by atoms with Crippen LogP contribution < -0.4 is 10.1 Å². The summed E-state index contributed by atoms with van der Waals surface area (Å²) in [4.78, 5) is 16.8. The number of thiazole rings is 1. The smallest absolute Gasteiger partial charge is 0.261 e. The monoisotopic (exact) mass is 363 g/mol. The van der Waals surface area contributed by atoms with Crippen molar-refractivity contribution >= 4 is 17.2 Å². The Morgan fingerprint density at radius 3 is 2.65 bits per heavy atom. The van der Waals surface area contributed by atoms with Gasteiger partial charge in [-0.1, -0.05) is 30.3 Å². The summed E-state index contributed by atoms with van der Waals surface area (Å²) in [6.45, 7) is 2.03. The standard InChI is InChI=1S/C20H17N3O2S/c1-14(25-18-9-7-15(11-21)8-10-18)19(24)22-12-17-13-26-20(23-17)16-5-3-2-4-6-16/h2-10,13-14H,12H2,1H3,(H,22,24). The van der Waals surface area contributed by atoms with Crippen LogP contribution in [0.2, 0.25) is 0 Å². The van der Waals surface area contributed by atoms with Crippen molar-refractivity contribution in [3.63, 3.8) is 0 Å². The van der Waals surface area contributed by atoms with E-state index >= 15 is 0 Å². The van der Waals surface area contributed by atoms with Gasteiger partial charge in [0.2, 0.25) is 0 Å². The van der Waals surface area contributed by atoms with Crippen molar-refractivity contribution in [3.05, 3.63) is 71.2 Å². The lowest BCUT2D eigenvalue weighted by atomic mass is 10.2. The summed E-state index contributed by atoms with van der Waals surface area (Å²) in [6, 6.07) is 18.6. The van der Waals surface area contributed by atoms with E-state index in [4.69, 9.17) is 10.00 Å². The van der Waals surface area contributed by atoms with Crippen molar-refractivity contribution < 1.29 is 9.53 Å². The average Bonchev–Trinajstić information content (AvgIpc) is 3.16. The molecule has 1 amide bonds. The molecule has 0 aliphatic carbocycles. The summed E-state index contributed by atoms with van der Waals surface area (Å²) in [5, 5.41) is 14.5. The Morgan fingerprint density at radius 1 is 1.23 bits per heavy atom. The fraction of sp³-hybridized carbons (Fsp3) is 0.150. The fourth-order valence-electron chi connectivity index (χ4n) is 2.29. The Hall–Kier alpha value is -3.17. The number of benzene rings is 2. The van der Waals surface area contributed by atoms with Gasteiger partial charge in [-0.25, -0.2) is 4.98 Å². The van der Waals surface area contributed by atoms with Crippen LogP contribution in [0.3, 0.4) is 0 Å². The minimum Gasteiger partial charge on any atom is -0.481 e. The van der Waals surface area contributed by atoms with E-state index in [0.29, 0.717) is 17.9 Å². The van der Waals surface area contributed by atoms with Crippen LogP contribution in [0.25, 0.3) is 10.6 Å². The third kappa shape index (κ3) is 4.47. The van der Waals surface area contributed by atoms with Crippen LogP contribution in [-0.4, -0.2) is 17.0 Å². The van der Waals surface area contributed by atoms with E-state index in [2.05, 4.69) is 10.3 Å². The van der Waals surface area contributed by atoms with Crippen LogP contribution in [0.1, 0.15) is 18.2 Å². The molecule has 1 aromatic heterocycles. The molecule has 0 spiro atoms. The van der Waals surface area contributed by atoms with E-state index < -0.39 is 6.10 Å². The summed E-state index contributed by atoms with van der Waals surface area (Å²) >= 11 is 1.55. The predicted octanol–water partition coefficient (Wildman–Crippen LogP) is 3.77. The van der Waals surface area contributed by atoms with Crippen molar-refractivity contribution in [1.29, 1.82) is 5.26 Å². The SMILES string of the molecule is CC(Oc1ccc(C#N)cc1)C(=O)NCc1csc(-c2ccccc2)n1. The number of nitrogens with one attached hydrogen (secondary N) is 1. The molecule has 0 saturated heterocycles. The number of nitrogens with zero attached hydrogens (tertiary/aromatic N) is 2. The molecule has 0 saturated carbocycles. The molecule has 26 heavy (non-hydrogen) atoms. The Balaban J connectivity index is 1.53. The molecule has 1 heterocycles. The van der Waals surface area contributed by atoms with Crippen LogP contribution in [0.4, 0.5) is 0 Å². The van der Waals surface area contributed by atoms with Gasteiger partial charge in [-0.3, -0.25) is 4.79 Å². The second-order valence-corrected chi connectivity index (χ2v) is 6.48. The number of rotatable bonds is 6. The molecule has 3 aromatic rings. The van der Waals surface area contributed by atoms with E-state index in [1.165, 1.54) is 0 Å². The zero-order valence-corrected chi connectivity index (χ0v) is 15.0. The van der Waals surface area contributed by atoms with Gasteiger partial charge in [0, 0.05) is 10.9 Å². The van der Waals surface area contributed by atoms with E-state index in [1.807, 2.05) is 41.8 Å². The second-order valence-electron chi connectivity index (χ2n) is 5.62. The number of carbonyl (C=O) groups excluding carboxylic acids is 1. The van der Waals surface area contributed by atoms with Gasteiger partial charge in [-0.15, -0.1) is 11.3 Å². The van der Waals surface area contributed by atoms with Gasteiger partial charge in [-0.2, -0.15) is 5.26 Å². The second kappa shape index (κ2) is 8.28. The lowest BCUT2D eigenvalue weighted by Crippen LogP contribution is -2.35. The van der Waals surface area contributed by atoms with Crippen LogP contribution in [0, 0.1) is 11.3 Å². The minimum absolute atomic E-state index is 0.219. The van der Waals surface area contributed by atoms with E-state index in [9.17, 15) is 4.79 Å². The number of hydrogen-bond donors (Lipinski definition) is 1. The van der Waals surface area contributed by atoms with Crippen molar-refractivity contribution in [1.82, 2.24) is 10.3 Å². The van der Waals surface area contributed by atoms with Gasteiger partial charge in [-0.05, 0) is 31.2 Å². The highest BCUT2D eigenvalue weighted by Crippen LogP contribution is 2.23. The summed E-state index contributed by atoms with van der Waals surface area (Å²) in [7, 11) is 0. The molecule has 1 unspecified atom stereocenters. The summed E-state index contributed by atoms with van der Waals surface area (Å²) in [5.74, 6) is 0.329. The van der Waals surface area contributed by atoms with Crippen molar-refractivity contribution in [2.24, 2.45) is 0 Å². The third-order valence-electron chi connectivity index (χ3n) is 3.68. The fourth-order valence-corrected chi connectivity index (χ4v) is 3.11. The third-order valence-corrected chi connectivity index (χ3v) is 4.62. The highest BCUT2D eigenvalue weighted by molar-refractivity contribution is 7.13. The Labute approximate surface area is 155 Å². The number of hydrogen-bond acceptors (Lipinski definition) is 5. The summed E-state index contributed by atoms with van der Waals surface area (Å²) < 4.78 is 5.60. The topological polar surface area (TPSA) is 75.0 Å². The normalized spacial score (nSPS) is 11.4. The molecule has 2 aromatic carbocycles. The van der Waals surface area contributed by atoms with Gasteiger partial charge in [0.1, 0.15) is 10.8 Å². The van der Waals surface area contributed by atoms with Gasteiger partial charge in [0.25, 0.3) is 5.91 Å². The molecule has 1 N–H and O–H groups in total. The minimum atomic E-state index is -0.643. The molecule has 0 bridgehead atoms. The van der Waals surface area contributed by atoms with Crippen molar-refractivity contribution in [2.75, 3.05) is 0 Å². The Kier molecular flexibility index (Phi) is 5.62. The lowest BCUT2D eigenvalue weighted by molar-refractivity contribution is -0.127. The number of nitriles is 1. The molecule has 1 atom stereocenters. The van der Waals surface area contributed by atoms with Crippen molar-refractivity contribution in [3.8, 4) is 22.4 Å². The zero-order chi connectivity index (χ0) is 18.4. The van der Waals surface area contributed by atoms with Crippen molar-refractivity contribution in [2.45, 2.75) is 19.6 Å². The van der Waals surface area contributed by atoms with Gasteiger partial charge in [0.05, 0.1) is 23.9 Å². The first kappa shape index (κ1) is 17.6. The zero-order valence-electron chi connectivity index (χ0n) is 14.2. The number of aromatic nitrogens is 1. The first-order chi connectivity index (χ1) is 12.7. The molecule has 0 fully saturated rings. The van der Waals surface area contributed by atoms with Gasteiger partial charge < -0.3 is 10.1 Å². The molecular formula is C20H17N3O2S. The van der Waals surface area contributed by atoms with Gasteiger partial charge in [0.15, 0.2) is 6.10 Å². The molecular weight excluding hydrogens is 346 g/mol. The summed E-state index contributed by atoms with van der Waals surface area (Å²) in [5.41, 5.74) is 2.42. The van der Waals surface area contributed by atoms with E-state index in [1.54, 1.807) is 42.5 Å². The van der Waals surface area contributed by atoms with Gasteiger partial charge >= 0.3 is 0 Å². The number of carbonyl (C=O) groups is 1. The molecule has 5 nitrogen and oxygen atoms in total. The van der Waals surface area contributed by atoms with E-state index in [-0.39, 0.29) is 5.91 Å². The molecule has 6 heteroatoms. The van der Waals surface area contributed by atoms with Crippen LogP contribution >= 0.6 is 11.3 Å². The maximum Gasteiger partial charge on any atom is 0.261 e. The highest BCUT2D eigenvalue weighted by Gasteiger charge is 2.15. The largest absolute Gasteiger partial charge is 0.481 e. The average molecular weight is 363 g/mol. The Bertz CT molecular complexity index is 914. The molecule has 0 aliphatic heterocycles. The Morgan fingerprint density at radius 2 is 1.96 bits per heavy atom. The molecule has 3 rings (SSSR count). The molecule has 130 valence electrons. The predicted molar refractivity (Wildman–Crippen MR) is 101 cm³/mol. The first-order valence-corrected chi connectivity index (χ1v) is 8.98. The quantitative estimate of drug-likeness (QED) is 0.723. The first-order valence-electron chi connectivity index (χ1n) is 8.10. The van der Waals surface area contributed by atoms with E-state index in [0.717, 1.165) is 16.3 Å². The van der Waals surface area contributed by atoms with Crippen LogP contribution in [-0.2, 0) is 11.3 Å². The maximum atomic E-state index is 12.2. The summed E-state index contributed by atoms with van der Waals surface area (Å²) in [6.07, 6.45) is -0.643. The number of amides is 1. The lowest BCUT2D eigenvalue weighted by Gasteiger charge is -2.14. The molecule has 0 radical (unpaired) electrons. The maximum absolute atomic E-state index is 12.2. The van der Waals surface area contributed by atoms with Crippen LogP contribution in [0.15, 0.2) is 60.0 Å². The molecule has 0 aliphatic rings. The number of ether oxygens (including phenoxy) is 1. The highest BCUT2D eigenvalue weighted by atomic mass is 32.1.